The Hall–Kier alpha value is -3.89. The van der Waals surface area contributed by atoms with E-state index in [-0.39, 0.29) is 29.8 Å². The van der Waals surface area contributed by atoms with Gasteiger partial charge < -0.3 is 23.9 Å². The molecule has 0 bridgehead atoms. The lowest BCUT2D eigenvalue weighted by Gasteiger charge is -2.19. The molecule has 1 aromatic carbocycles. The third kappa shape index (κ3) is 4.45. The summed E-state index contributed by atoms with van der Waals surface area (Å²) < 4.78 is 18.2. The van der Waals surface area contributed by atoms with Crippen LogP contribution < -0.4 is 15.0 Å². The van der Waals surface area contributed by atoms with E-state index in [1.54, 1.807) is 23.1 Å². The van der Waals surface area contributed by atoms with Crippen molar-refractivity contribution in [3.05, 3.63) is 40.3 Å². The molecule has 184 valence electrons. The van der Waals surface area contributed by atoms with Crippen LogP contribution >= 0.6 is 0 Å². The van der Waals surface area contributed by atoms with Crippen molar-refractivity contribution < 1.29 is 23.8 Å². The zero-order chi connectivity index (χ0) is 24.5. The maximum Gasteiger partial charge on any atom is 0.275 e. The van der Waals surface area contributed by atoms with Crippen LogP contribution in [0.25, 0.3) is 17.1 Å². The Kier molecular flexibility index (Phi) is 6.14. The number of methoxy groups -OCH3 is 2. The van der Waals surface area contributed by atoms with Crippen molar-refractivity contribution in [1.82, 2.24) is 24.6 Å². The zero-order valence-corrected chi connectivity index (χ0v) is 19.7. The monoisotopic (exact) mass is 481 g/mol. The predicted molar refractivity (Wildman–Crippen MR) is 124 cm³/mol. The largest absolute Gasteiger partial charge is 0.494 e. The van der Waals surface area contributed by atoms with E-state index in [4.69, 9.17) is 13.9 Å². The van der Waals surface area contributed by atoms with Gasteiger partial charge >= 0.3 is 0 Å². The van der Waals surface area contributed by atoms with Crippen molar-refractivity contribution in [3.8, 4) is 34.5 Å². The number of likely N-dealkylation sites (tertiary alicyclic amines) is 1. The molecule has 0 atom stereocenters. The fourth-order valence-electron chi connectivity index (χ4n) is 4.38. The van der Waals surface area contributed by atoms with Crippen LogP contribution in [0.3, 0.4) is 0 Å². The molecule has 11 heteroatoms. The summed E-state index contributed by atoms with van der Waals surface area (Å²) in [4.78, 5) is 31.8. The van der Waals surface area contributed by atoms with Crippen molar-refractivity contribution in [2.45, 2.75) is 45.1 Å². The van der Waals surface area contributed by atoms with Crippen LogP contribution in [-0.4, -0.2) is 56.4 Å². The van der Waals surface area contributed by atoms with Crippen LogP contribution in [0.1, 0.15) is 43.8 Å². The van der Waals surface area contributed by atoms with Crippen molar-refractivity contribution >= 4 is 5.91 Å². The van der Waals surface area contributed by atoms with E-state index in [9.17, 15) is 14.7 Å². The first-order valence-corrected chi connectivity index (χ1v) is 11.7. The number of aromatic nitrogens is 4. The van der Waals surface area contributed by atoms with Crippen molar-refractivity contribution in [1.29, 1.82) is 0 Å². The van der Waals surface area contributed by atoms with Gasteiger partial charge in [0.1, 0.15) is 23.0 Å². The number of hydrogen-bond donors (Lipinski definition) is 1. The molecule has 3 heterocycles. The Morgan fingerprint density at radius 3 is 2.51 bits per heavy atom. The van der Waals surface area contributed by atoms with Crippen molar-refractivity contribution in [3.63, 3.8) is 0 Å². The van der Waals surface area contributed by atoms with Crippen LogP contribution in [0, 0.1) is 5.92 Å². The van der Waals surface area contributed by atoms with Crippen LogP contribution in [0.4, 0.5) is 0 Å². The standard InChI is InChI=1S/C24H27N5O6/c1-33-15-5-3-6-16(34-2)21(15)29-17(11-10-14-8-9-14)25-22(31)20(24(29)32)23-27-26-18(35-23)13-28-12-4-7-19(28)30/h3,5-6,14,31H,4,7-13H2,1-2H3. The molecule has 1 amide bonds. The van der Waals surface area contributed by atoms with Gasteiger partial charge in [0, 0.05) is 19.4 Å². The molecule has 11 nitrogen and oxygen atoms in total. The van der Waals surface area contributed by atoms with Crippen molar-refractivity contribution in [2.24, 2.45) is 5.92 Å². The van der Waals surface area contributed by atoms with Crippen LogP contribution in [0.15, 0.2) is 27.4 Å². The van der Waals surface area contributed by atoms with Gasteiger partial charge in [0.25, 0.3) is 11.4 Å². The number of nitrogens with zero attached hydrogens (tertiary/aromatic N) is 5. The van der Waals surface area contributed by atoms with E-state index >= 15 is 0 Å². The fourth-order valence-corrected chi connectivity index (χ4v) is 4.38. The minimum absolute atomic E-state index is 0.0138. The van der Waals surface area contributed by atoms with Gasteiger partial charge in [-0.3, -0.25) is 14.2 Å². The Bertz CT molecular complexity index is 1290. The Labute approximate surface area is 201 Å². The molecular formula is C24H27N5O6. The third-order valence-corrected chi connectivity index (χ3v) is 6.41. The van der Waals surface area contributed by atoms with Gasteiger partial charge in [0.2, 0.25) is 17.7 Å². The average Bonchev–Trinajstić information content (AvgIpc) is 3.44. The normalized spacial score (nSPS) is 15.6. The molecule has 1 saturated heterocycles. The zero-order valence-electron chi connectivity index (χ0n) is 19.7. The molecule has 1 saturated carbocycles. The number of carbonyl (C=O) groups is 1. The van der Waals surface area contributed by atoms with E-state index in [0.29, 0.717) is 48.3 Å². The van der Waals surface area contributed by atoms with E-state index < -0.39 is 11.4 Å². The van der Waals surface area contributed by atoms with Crippen molar-refractivity contribution in [2.75, 3.05) is 20.8 Å². The number of aryl methyl sites for hydroxylation is 1. The Morgan fingerprint density at radius 2 is 1.89 bits per heavy atom. The molecule has 2 aliphatic rings. The molecule has 5 rings (SSSR count). The lowest BCUT2D eigenvalue weighted by molar-refractivity contribution is -0.128. The summed E-state index contributed by atoms with van der Waals surface area (Å²) in [5.74, 6) is 1.33. The SMILES string of the molecule is COc1cccc(OC)c1-n1c(CCC2CC2)nc(O)c(-c2nnc(CN3CCCC3=O)o2)c1=O. The number of amides is 1. The molecule has 3 aromatic rings. The summed E-state index contributed by atoms with van der Waals surface area (Å²) in [6.07, 6.45) is 4.89. The lowest BCUT2D eigenvalue weighted by atomic mass is 10.1. The topological polar surface area (TPSA) is 133 Å². The van der Waals surface area contributed by atoms with Gasteiger partial charge in [-0.2, -0.15) is 4.98 Å². The number of carbonyl (C=O) groups excluding carboxylic acids is 1. The molecule has 2 fully saturated rings. The second-order valence-electron chi connectivity index (χ2n) is 8.78. The van der Waals surface area contributed by atoms with E-state index in [2.05, 4.69) is 15.2 Å². The molecule has 0 unspecified atom stereocenters. The van der Waals surface area contributed by atoms with E-state index in [1.165, 1.54) is 18.8 Å². The number of para-hydroxylation sites is 1. The molecule has 1 aliphatic carbocycles. The molecule has 1 N–H and O–H groups in total. The number of aromatic hydroxyl groups is 1. The van der Waals surface area contributed by atoms with Crippen LogP contribution in [-0.2, 0) is 17.8 Å². The van der Waals surface area contributed by atoms with Gasteiger partial charge in [0.05, 0.1) is 20.8 Å². The maximum absolute atomic E-state index is 13.9. The smallest absolute Gasteiger partial charge is 0.275 e. The van der Waals surface area contributed by atoms with Crippen LogP contribution in [0.2, 0.25) is 0 Å². The molecular weight excluding hydrogens is 454 g/mol. The summed E-state index contributed by atoms with van der Waals surface area (Å²) in [6, 6.07) is 5.20. The minimum Gasteiger partial charge on any atom is -0.494 e. The second kappa shape index (κ2) is 9.40. The first-order valence-electron chi connectivity index (χ1n) is 11.7. The van der Waals surface area contributed by atoms with Gasteiger partial charge in [0.15, 0.2) is 5.56 Å². The molecule has 2 aromatic heterocycles. The molecule has 0 radical (unpaired) electrons. The number of rotatable bonds is 9. The summed E-state index contributed by atoms with van der Waals surface area (Å²) in [5, 5.41) is 18.8. The molecule has 1 aliphatic heterocycles. The number of hydrogen-bond acceptors (Lipinski definition) is 9. The number of benzene rings is 1. The highest BCUT2D eigenvalue weighted by Gasteiger charge is 2.29. The first kappa shape index (κ1) is 22.9. The number of ether oxygens (including phenoxy) is 2. The minimum atomic E-state index is -0.585. The highest BCUT2D eigenvalue weighted by Crippen LogP contribution is 2.36. The second-order valence-corrected chi connectivity index (χ2v) is 8.78. The average molecular weight is 482 g/mol. The van der Waals surface area contributed by atoms with Crippen LogP contribution in [0.5, 0.6) is 17.4 Å². The first-order chi connectivity index (χ1) is 17.0. The van der Waals surface area contributed by atoms with E-state index in [0.717, 1.165) is 25.7 Å². The molecule has 35 heavy (non-hydrogen) atoms. The molecule has 0 spiro atoms. The quantitative estimate of drug-likeness (QED) is 0.489. The lowest BCUT2D eigenvalue weighted by Crippen LogP contribution is -2.26. The highest BCUT2D eigenvalue weighted by atomic mass is 16.5. The predicted octanol–water partition coefficient (Wildman–Crippen LogP) is 2.47. The summed E-state index contributed by atoms with van der Waals surface area (Å²) in [7, 11) is 3.01. The Morgan fingerprint density at radius 1 is 1.14 bits per heavy atom. The highest BCUT2D eigenvalue weighted by molar-refractivity contribution is 5.77. The third-order valence-electron chi connectivity index (χ3n) is 6.41. The van der Waals surface area contributed by atoms with Gasteiger partial charge in [-0.15, -0.1) is 10.2 Å². The Balaban J connectivity index is 1.62. The summed E-state index contributed by atoms with van der Waals surface area (Å²) in [5.41, 5.74) is -0.428. The van der Waals surface area contributed by atoms with Gasteiger partial charge in [-0.05, 0) is 30.9 Å². The van der Waals surface area contributed by atoms with E-state index in [1.807, 2.05) is 0 Å². The maximum atomic E-state index is 13.9. The van der Waals surface area contributed by atoms with Gasteiger partial charge in [-0.1, -0.05) is 18.9 Å². The fraction of sp³-hybridized carbons (Fsp3) is 0.458. The summed E-state index contributed by atoms with van der Waals surface area (Å²) in [6.45, 7) is 0.757. The summed E-state index contributed by atoms with van der Waals surface area (Å²) >= 11 is 0. The van der Waals surface area contributed by atoms with Gasteiger partial charge in [-0.25, -0.2) is 0 Å².